The Morgan fingerprint density at radius 3 is 2.00 bits per heavy atom. The van der Waals surface area contributed by atoms with Gasteiger partial charge < -0.3 is 9.80 Å². The first kappa shape index (κ1) is 15.0. The van der Waals surface area contributed by atoms with Crippen molar-refractivity contribution in [2.45, 2.75) is 38.1 Å². The van der Waals surface area contributed by atoms with Crippen molar-refractivity contribution in [3.8, 4) is 0 Å². The van der Waals surface area contributed by atoms with Crippen LogP contribution < -0.4 is 9.80 Å². The van der Waals surface area contributed by atoms with Gasteiger partial charge in [-0.3, -0.25) is 0 Å². The molecule has 2 aromatic carbocycles. The van der Waals surface area contributed by atoms with Gasteiger partial charge in [0.1, 0.15) is 0 Å². The van der Waals surface area contributed by atoms with Gasteiger partial charge in [0.05, 0.1) is 11.4 Å². The van der Waals surface area contributed by atoms with E-state index in [0.29, 0.717) is 6.04 Å². The molecule has 0 radical (unpaired) electrons. The molecule has 0 unspecified atom stereocenters. The maximum absolute atomic E-state index is 2.49. The maximum atomic E-state index is 2.49. The highest BCUT2D eigenvalue weighted by atomic mass is 15.2. The lowest BCUT2D eigenvalue weighted by atomic mass is 9.94. The number of para-hydroxylation sites is 3. The quantitative estimate of drug-likeness (QED) is 0.762. The van der Waals surface area contributed by atoms with Crippen LogP contribution in [-0.2, 0) is 0 Å². The topological polar surface area (TPSA) is 6.48 Å². The molecule has 2 heteroatoms. The third-order valence-electron chi connectivity index (χ3n) is 4.89. The lowest BCUT2D eigenvalue weighted by molar-refractivity contribution is 0.428. The van der Waals surface area contributed by atoms with Crippen LogP contribution >= 0.6 is 0 Å². The molecule has 116 valence electrons. The molecule has 0 amide bonds. The largest absolute Gasteiger partial charge is 0.370 e. The molecule has 2 nitrogen and oxygen atoms in total. The van der Waals surface area contributed by atoms with Crippen LogP contribution in [0.5, 0.6) is 0 Å². The Kier molecular flexibility index (Phi) is 4.67. The number of nitrogens with zero attached hydrogens (tertiary/aromatic N) is 2. The van der Waals surface area contributed by atoms with Crippen molar-refractivity contribution in [2.75, 3.05) is 23.9 Å². The number of hydrogen-bond acceptors (Lipinski definition) is 2. The molecule has 0 aromatic heterocycles. The molecule has 1 fully saturated rings. The van der Waals surface area contributed by atoms with Crippen LogP contribution in [0.3, 0.4) is 0 Å². The van der Waals surface area contributed by atoms with Crippen molar-refractivity contribution in [3.05, 3.63) is 54.6 Å². The molecule has 0 N–H and O–H groups in total. The fourth-order valence-electron chi connectivity index (χ4n) is 3.50. The predicted molar refractivity (Wildman–Crippen MR) is 96.2 cm³/mol. The van der Waals surface area contributed by atoms with Crippen molar-refractivity contribution in [1.82, 2.24) is 0 Å². The summed E-state index contributed by atoms with van der Waals surface area (Å²) >= 11 is 0. The fraction of sp³-hybridized carbons (Fsp3) is 0.400. The van der Waals surface area contributed by atoms with Gasteiger partial charge in [-0.05, 0) is 37.1 Å². The van der Waals surface area contributed by atoms with Gasteiger partial charge in [0, 0.05) is 25.8 Å². The highest BCUT2D eigenvalue weighted by molar-refractivity contribution is 5.76. The molecule has 0 atom stereocenters. The zero-order valence-electron chi connectivity index (χ0n) is 13.7. The smallest absolute Gasteiger partial charge is 0.0645 e. The summed E-state index contributed by atoms with van der Waals surface area (Å²) in [6, 6.07) is 20.0. The van der Waals surface area contributed by atoms with Crippen LogP contribution in [0.15, 0.2) is 54.6 Å². The lowest BCUT2D eigenvalue weighted by Crippen LogP contribution is -2.34. The Balaban J connectivity index is 1.89. The van der Waals surface area contributed by atoms with Gasteiger partial charge in [-0.2, -0.15) is 0 Å². The zero-order chi connectivity index (χ0) is 15.4. The Bertz CT molecular complexity index is 588. The summed E-state index contributed by atoms with van der Waals surface area (Å²) in [7, 11) is 4.41. The Hall–Kier alpha value is -1.96. The highest BCUT2D eigenvalue weighted by Gasteiger charge is 2.21. The Labute approximate surface area is 134 Å². The van der Waals surface area contributed by atoms with E-state index in [1.165, 1.54) is 49.2 Å². The van der Waals surface area contributed by atoms with E-state index in [1.54, 1.807) is 0 Å². The molecule has 0 spiro atoms. The van der Waals surface area contributed by atoms with E-state index in [2.05, 4.69) is 78.5 Å². The minimum atomic E-state index is 0.680. The summed E-state index contributed by atoms with van der Waals surface area (Å²) < 4.78 is 0. The molecule has 2 aromatic rings. The van der Waals surface area contributed by atoms with Gasteiger partial charge in [-0.25, -0.2) is 0 Å². The molecule has 22 heavy (non-hydrogen) atoms. The Morgan fingerprint density at radius 1 is 0.727 bits per heavy atom. The van der Waals surface area contributed by atoms with E-state index < -0.39 is 0 Å². The molecule has 0 saturated heterocycles. The molecule has 0 aliphatic heterocycles. The lowest BCUT2D eigenvalue weighted by Gasteiger charge is -2.35. The minimum Gasteiger partial charge on any atom is -0.370 e. The second-order valence-electron chi connectivity index (χ2n) is 6.29. The maximum Gasteiger partial charge on any atom is 0.0645 e. The van der Waals surface area contributed by atoms with Crippen LogP contribution in [-0.4, -0.2) is 20.1 Å². The van der Waals surface area contributed by atoms with Crippen molar-refractivity contribution < 1.29 is 0 Å². The highest BCUT2D eigenvalue weighted by Crippen LogP contribution is 2.35. The van der Waals surface area contributed by atoms with Gasteiger partial charge in [0.15, 0.2) is 0 Å². The molecule has 1 aliphatic rings. The van der Waals surface area contributed by atoms with Crippen LogP contribution in [0.1, 0.15) is 32.1 Å². The zero-order valence-corrected chi connectivity index (χ0v) is 13.7. The van der Waals surface area contributed by atoms with E-state index >= 15 is 0 Å². The summed E-state index contributed by atoms with van der Waals surface area (Å²) in [5.41, 5.74) is 3.84. The van der Waals surface area contributed by atoms with Gasteiger partial charge in [-0.1, -0.05) is 49.6 Å². The number of benzene rings is 2. The predicted octanol–water partition coefficient (Wildman–Crippen LogP) is 5.22. The normalized spacial score (nSPS) is 15.5. The summed E-state index contributed by atoms with van der Waals surface area (Å²) in [6.45, 7) is 0. The van der Waals surface area contributed by atoms with Crippen LogP contribution in [0.2, 0.25) is 0 Å². The Morgan fingerprint density at radius 2 is 1.32 bits per heavy atom. The molecular weight excluding hydrogens is 268 g/mol. The average molecular weight is 294 g/mol. The number of anilines is 3. The van der Waals surface area contributed by atoms with Crippen LogP contribution in [0, 0.1) is 0 Å². The molecule has 0 heterocycles. The van der Waals surface area contributed by atoms with Crippen molar-refractivity contribution >= 4 is 17.1 Å². The van der Waals surface area contributed by atoms with E-state index in [9.17, 15) is 0 Å². The molecular formula is C20H26N2. The third kappa shape index (κ3) is 3.11. The van der Waals surface area contributed by atoms with Gasteiger partial charge in [-0.15, -0.1) is 0 Å². The SMILES string of the molecule is CN(c1ccccc1)c1ccccc1N(C)C1CCCCC1. The summed E-state index contributed by atoms with van der Waals surface area (Å²) in [5, 5.41) is 0. The van der Waals surface area contributed by atoms with Crippen molar-refractivity contribution in [1.29, 1.82) is 0 Å². The second-order valence-corrected chi connectivity index (χ2v) is 6.29. The van der Waals surface area contributed by atoms with Crippen molar-refractivity contribution in [3.63, 3.8) is 0 Å². The molecule has 1 saturated carbocycles. The van der Waals surface area contributed by atoms with E-state index in [1.807, 2.05) is 0 Å². The molecule has 0 bridgehead atoms. The second kappa shape index (κ2) is 6.87. The van der Waals surface area contributed by atoms with Crippen LogP contribution in [0.4, 0.5) is 17.1 Å². The van der Waals surface area contributed by atoms with E-state index in [4.69, 9.17) is 0 Å². The van der Waals surface area contributed by atoms with Gasteiger partial charge >= 0.3 is 0 Å². The van der Waals surface area contributed by atoms with E-state index in [-0.39, 0.29) is 0 Å². The summed E-state index contributed by atoms with van der Waals surface area (Å²) in [6.07, 6.45) is 6.77. The van der Waals surface area contributed by atoms with Gasteiger partial charge in [0.25, 0.3) is 0 Å². The van der Waals surface area contributed by atoms with E-state index in [0.717, 1.165) is 0 Å². The number of hydrogen-bond donors (Lipinski definition) is 0. The minimum absolute atomic E-state index is 0.680. The fourth-order valence-corrected chi connectivity index (χ4v) is 3.50. The molecule has 3 rings (SSSR count). The summed E-state index contributed by atoms with van der Waals surface area (Å²) in [4.78, 5) is 4.78. The monoisotopic (exact) mass is 294 g/mol. The first-order valence-corrected chi connectivity index (χ1v) is 8.38. The third-order valence-corrected chi connectivity index (χ3v) is 4.89. The van der Waals surface area contributed by atoms with Crippen LogP contribution in [0.25, 0.3) is 0 Å². The van der Waals surface area contributed by atoms with Crippen molar-refractivity contribution in [2.24, 2.45) is 0 Å². The molecule has 1 aliphatic carbocycles. The number of rotatable bonds is 4. The average Bonchev–Trinajstić information content (AvgIpc) is 2.62. The summed E-state index contributed by atoms with van der Waals surface area (Å²) in [5.74, 6) is 0. The first-order chi connectivity index (χ1) is 10.8. The van der Waals surface area contributed by atoms with Gasteiger partial charge in [0.2, 0.25) is 0 Å². The first-order valence-electron chi connectivity index (χ1n) is 8.38. The standard InChI is InChI=1S/C20H26N2/c1-21(17-11-5-3-6-12-17)19-15-9-10-16-20(19)22(2)18-13-7-4-8-14-18/h3,5-6,9-12,15-16,18H,4,7-8,13-14H2,1-2H3.